The monoisotopic (exact) mass is 197 g/mol. The molecule has 1 aromatic rings. The van der Waals surface area contributed by atoms with Gasteiger partial charge in [0.1, 0.15) is 0 Å². The van der Waals surface area contributed by atoms with Gasteiger partial charge in [-0.05, 0) is 30.8 Å². The summed E-state index contributed by atoms with van der Waals surface area (Å²) in [5, 5.41) is 5.43. The van der Waals surface area contributed by atoms with Crippen LogP contribution < -0.4 is 5.32 Å². The summed E-state index contributed by atoms with van der Waals surface area (Å²) >= 11 is 1.87. The Balaban J connectivity index is 2.57. The number of likely N-dealkylation sites (N-methyl/N-ethyl adjacent to an activating group) is 1. The van der Waals surface area contributed by atoms with Gasteiger partial charge in [-0.15, -0.1) is 11.3 Å². The molecule has 0 saturated heterocycles. The minimum Gasteiger partial charge on any atom is -0.319 e. The molecule has 0 bridgehead atoms. The Bertz CT molecular complexity index is 216. The molecule has 1 atom stereocenters. The molecule has 0 aliphatic carbocycles. The highest BCUT2D eigenvalue weighted by Gasteiger charge is 2.12. The van der Waals surface area contributed by atoms with Crippen molar-refractivity contribution in [2.45, 2.75) is 26.2 Å². The first-order valence-electron chi connectivity index (χ1n) is 4.92. The van der Waals surface area contributed by atoms with Gasteiger partial charge >= 0.3 is 0 Å². The van der Waals surface area contributed by atoms with E-state index in [1.165, 1.54) is 11.3 Å². The van der Waals surface area contributed by atoms with Crippen LogP contribution in [-0.4, -0.2) is 13.6 Å². The molecule has 1 heterocycles. The number of hydrogen-bond donors (Lipinski definition) is 1. The van der Waals surface area contributed by atoms with Gasteiger partial charge in [0.05, 0.1) is 0 Å². The summed E-state index contributed by atoms with van der Waals surface area (Å²) in [6, 6.07) is 4.39. The molecule has 1 aromatic heterocycles. The van der Waals surface area contributed by atoms with Gasteiger partial charge in [-0.1, -0.05) is 19.9 Å². The second kappa shape index (κ2) is 5.40. The quantitative estimate of drug-likeness (QED) is 0.765. The molecule has 74 valence electrons. The molecule has 0 fully saturated rings. The third-order valence-corrected chi connectivity index (χ3v) is 3.19. The van der Waals surface area contributed by atoms with Crippen LogP contribution in [0.1, 0.15) is 31.1 Å². The van der Waals surface area contributed by atoms with Crippen molar-refractivity contribution in [3.63, 3.8) is 0 Å². The average Bonchev–Trinajstić information content (AvgIpc) is 2.54. The Morgan fingerprint density at radius 1 is 1.46 bits per heavy atom. The van der Waals surface area contributed by atoms with Gasteiger partial charge in [-0.3, -0.25) is 0 Å². The Kier molecular flexibility index (Phi) is 4.46. The van der Waals surface area contributed by atoms with Crippen molar-refractivity contribution in [3.05, 3.63) is 22.4 Å². The minimum atomic E-state index is 0.699. The second-order valence-corrected chi connectivity index (χ2v) is 4.88. The Morgan fingerprint density at radius 2 is 2.23 bits per heavy atom. The molecule has 0 aliphatic rings. The van der Waals surface area contributed by atoms with Crippen molar-refractivity contribution < 1.29 is 0 Å². The molecule has 1 rings (SSSR count). The van der Waals surface area contributed by atoms with Gasteiger partial charge in [-0.25, -0.2) is 0 Å². The van der Waals surface area contributed by atoms with E-state index >= 15 is 0 Å². The van der Waals surface area contributed by atoms with E-state index in [9.17, 15) is 0 Å². The van der Waals surface area contributed by atoms with E-state index in [0.29, 0.717) is 5.92 Å². The first kappa shape index (κ1) is 10.7. The Hall–Kier alpha value is -0.340. The van der Waals surface area contributed by atoms with Crippen LogP contribution in [0.2, 0.25) is 0 Å². The zero-order valence-corrected chi connectivity index (χ0v) is 9.53. The van der Waals surface area contributed by atoms with E-state index in [1.54, 1.807) is 0 Å². The topological polar surface area (TPSA) is 12.0 Å². The van der Waals surface area contributed by atoms with Crippen molar-refractivity contribution >= 4 is 11.3 Å². The lowest BCUT2D eigenvalue weighted by Gasteiger charge is -2.16. The zero-order valence-electron chi connectivity index (χ0n) is 8.71. The second-order valence-electron chi connectivity index (χ2n) is 3.90. The van der Waals surface area contributed by atoms with Crippen LogP contribution in [-0.2, 0) is 0 Å². The van der Waals surface area contributed by atoms with E-state index in [-0.39, 0.29) is 0 Å². The van der Waals surface area contributed by atoms with Crippen molar-refractivity contribution in [2.75, 3.05) is 13.6 Å². The first-order valence-corrected chi connectivity index (χ1v) is 5.80. The molecule has 0 radical (unpaired) electrons. The van der Waals surface area contributed by atoms with Crippen molar-refractivity contribution in [1.29, 1.82) is 0 Å². The van der Waals surface area contributed by atoms with E-state index in [4.69, 9.17) is 0 Å². The largest absolute Gasteiger partial charge is 0.319 e. The number of thiophene rings is 1. The molecule has 1 nitrogen and oxygen atoms in total. The van der Waals surface area contributed by atoms with Crippen LogP contribution in [0.25, 0.3) is 0 Å². The molecule has 1 N–H and O–H groups in total. The Morgan fingerprint density at radius 3 is 2.69 bits per heavy atom. The Labute approximate surface area is 85.2 Å². The van der Waals surface area contributed by atoms with E-state index < -0.39 is 0 Å². The molecular formula is C11H19NS. The van der Waals surface area contributed by atoms with Gasteiger partial charge in [-0.2, -0.15) is 0 Å². The van der Waals surface area contributed by atoms with Gasteiger partial charge in [0.2, 0.25) is 0 Å². The molecule has 13 heavy (non-hydrogen) atoms. The molecule has 2 heteroatoms. The summed E-state index contributed by atoms with van der Waals surface area (Å²) in [7, 11) is 2.03. The molecule has 0 amide bonds. The van der Waals surface area contributed by atoms with Gasteiger partial charge in [0.15, 0.2) is 0 Å². The fourth-order valence-corrected chi connectivity index (χ4v) is 2.48. The SMILES string of the molecule is CNCC(CC(C)C)c1cccs1. The average molecular weight is 197 g/mol. The predicted molar refractivity (Wildman–Crippen MR) is 60.4 cm³/mol. The fourth-order valence-electron chi connectivity index (χ4n) is 1.64. The fraction of sp³-hybridized carbons (Fsp3) is 0.636. The number of nitrogens with one attached hydrogen (secondary N) is 1. The summed E-state index contributed by atoms with van der Waals surface area (Å²) in [5.74, 6) is 1.48. The van der Waals surface area contributed by atoms with Crippen LogP contribution in [0.4, 0.5) is 0 Å². The highest BCUT2D eigenvalue weighted by molar-refractivity contribution is 7.10. The van der Waals surface area contributed by atoms with Crippen molar-refractivity contribution in [1.82, 2.24) is 5.32 Å². The standard InChI is InChI=1S/C11H19NS/c1-9(2)7-10(8-12-3)11-5-4-6-13-11/h4-6,9-10,12H,7-8H2,1-3H3. The van der Waals surface area contributed by atoms with Crippen molar-refractivity contribution in [2.24, 2.45) is 5.92 Å². The van der Waals surface area contributed by atoms with E-state index in [2.05, 4.69) is 36.7 Å². The summed E-state index contributed by atoms with van der Waals surface area (Å²) in [5.41, 5.74) is 0. The highest BCUT2D eigenvalue weighted by atomic mass is 32.1. The van der Waals surface area contributed by atoms with Crippen LogP contribution >= 0.6 is 11.3 Å². The van der Waals surface area contributed by atoms with Gasteiger partial charge in [0.25, 0.3) is 0 Å². The van der Waals surface area contributed by atoms with Crippen LogP contribution in [0.5, 0.6) is 0 Å². The highest BCUT2D eigenvalue weighted by Crippen LogP contribution is 2.26. The third-order valence-electron chi connectivity index (χ3n) is 2.15. The first-order chi connectivity index (χ1) is 6.24. The maximum absolute atomic E-state index is 3.27. The maximum atomic E-state index is 3.27. The van der Waals surface area contributed by atoms with Crippen molar-refractivity contribution in [3.8, 4) is 0 Å². The predicted octanol–water partition coefficient (Wildman–Crippen LogP) is 3.10. The van der Waals surface area contributed by atoms with Crippen LogP contribution in [0.3, 0.4) is 0 Å². The van der Waals surface area contributed by atoms with Crippen LogP contribution in [0.15, 0.2) is 17.5 Å². The molecule has 0 spiro atoms. The smallest absolute Gasteiger partial charge is 0.00889 e. The summed E-state index contributed by atoms with van der Waals surface area (Å²) < 4.78 is 0. The maximum Gasteiger partial charge on any atom is 0.00889 e. The normalized spacial score (nSPS) is 13.5. The lowest BCUT2D eigenvalue weighted by atomic mass is 9.96. The zero-order chi connectivity index (χ0) is 9.68. The molecule has 0 aliphatic heterocycles. The van der Waals surface area contributed by atoms with Gasteiger partial charge < -0.3 is 5.32 Å². The summed E-state index contributed by atoms with van der Waals surface area (Å²) in [4.78, 5) is 1.52. The van der Waals surface area contributed by atoms with Crippen LogP contribution in [0, 0.1) is 5.92 Å². The number of rotatable bonds is 5. The number of hydrogen-bond acceptors (Lipinski definition) is 2. The summed E-state index contributed by atoms with van der Waals surface area (Å²) in [6.45, 7) is 5.67. The molecular weight excluding hydrogens is 178 g/mol. The van der Waals surface area contributed by atoms with E-state index in [0.717, 1.165) is 12.5 Å². The third kappa shape index (κ3) is 3.49. The molecule has 0 aromatic carbocycles. The minimum absolute atomic E-state index is 0.699. The van der Waals surface area contributed by atoms with E-state index in [1.807, 2.05) is 18.4 Å². The summed E-state index contributed by atoms with van der Waals surface area (Å²) in [6.07, 6.45) is 1.28. The molecule has 1 unspecified atom stereocenters. The van der Waals surface area contributed by atoms with Gasteiger partial charge in [0, 0.05) is 17.3 Å². The lowest BCUT2D eigenvalue weighted by Crippen LogP contribution is -2.17. The molecule has 0 saturated carbocycles. The lowest BCUT2D eigenvalue weighted by molar-refractivity contribution is 0.489.